The summed E-state index contributed by atoms with van der Waals surface area (Å²) < 4.78 is 13.1. The fourth-order valence-electron chi connectivity index (χ4n) is 2.04. The van der Waals surface area contributed by atoms with Crippen LogP contribution in [0.5, 0.6) is 0 Å². The molecule has 2 saturated heterocycles. The van der Waals surface area contributed by atoms with Gasteiger partial charge in [-0.25, -0.2) is 4.39 Å². The third-order valence-electron chi connectivity index (χ3n) is 2.63. The molecular weight excluding hydrogens is 131 g/mol. The minimum Gasteiger partial charge on any atom is -0.325 e. The highest BCUT2D eigenvalue weighted by atomic mass is 19.1. The van der Waals surface area contributed by atoms with Crippen LogP contribution < -0.4 is 11.1 Å². The van der Waals surface area contributed by atoms with Crippen molar-refractivity contribution in [3.05, 3.63) is 0 Å². The van der Waals surface area contributed by atoms with Gasteiger partial charge in [0.25, 0.3) is 0 Å². The summed E-state index contributed by atoms with van der Waals surface area (Å²) in [6, 6.07) is 0.361. The Hall–Kier alpha value is -0.150. The monoisotopic (exact) mass is 144 g/mol. The van der Waals surface area contributed by atoms with Gasteiger partial charge in [0.05, 0.1) is 0 Å². The van der Waals surface area contributed by atoms with E-state index in [0.717, 1.165) is 19.3 Å². The van der Waals surface area contributed by atoms with Crippen molar-refractivity contribution in [3.63, 3.8) is 0 Å². The van der Waals surface area contributed by atoms with E-state index < -0.39 is 6.17 Å². The summed E-state index contributed by atoms with van der Waals surface area (Å²) in [6.07, 6.45) is 2.09. The first-order valence-corrected chi connectivity index (χ1v) is 3.93. The molecule has 0 amide bonds. The average Bonchev–Trinajstić information content (AvgIpc) is 2.29. The molecule has 4 unspecified atom stereocenters. The molecule has 58 valence electrons. The molecule has 2 nitrogen and oxygen atoms in total. The quantitative estimate of drug-likeness (QED) is 0.509. The Labute approximate surface area is 60.0 Å². The molecule has 10 heavy (non-hydrogen) atoms. The van der Waals surface area contributed by atoms with E-state index >= 15 is 0 Å². The Kier molecular flexibility index (Phi) is 1.42. The maximum atomic E-state index is 13.1. The van der Waals surface area contributed by atoms with Crippen LogP contribution in [-0.4, -0.2) is 24.3 Å². The standard InChI is InChI=1S/C7H13FN2/c8-7-5(9)3-4-1-2-6(7)10-4/h4-7,10H,1-3,9H2. The van der Waals surface area contributed by atoms with Gasteiger partial charge in [-0.15, -0.1) is 0 Å². The van der Waals surface area contributed by atoms with E-state index in [0.29, 0.717) is 6.04 Å². The second kappa shape index (κ2) is 2.17. The Morgan fingerprint density at radius 3 is 3.00 bits per heavy atom. The van der Waals surface area contributed by atoms with Gasteiger partial charge in [-0.3, -0.25) is 0 Å². The maximum Gasteiger partial charge on any atom is 0.130 e. The second-order valence-electron chi connectivity index (χ2n) is 3.39. The summed E-state index contributed by atoms with van der Waals surface area (Å²) in [4.78, 5) is 0. The first kappa shape index (κ1) is 6.55. The van der Waals surface area contributed by atoms with Crippen molar-refractivity contribution in [2.24, 2.45) is 5.73 Å². The number of nitrogens with one attached hydrogen (secondary N) is 1. The van der Waals surface area contributed by atoms with Gasteiger partial charge in [-0.05, 0) is 19.3 Å². The predicted molar refractivity (Wildman–Crippen MR) is 37.4 cm³/mol. The lowest BCUT2D eigenvalue weighted by Crippen LogP contribution is -2.53. The Bertz CT molecular complexity index is 140. The molecule has 0 aromatic heterocycles. The molecule has 2 rings (SSSR count). The first-order valence-electron chi connectivity index (χ1n) is 3.93. The summed E-state index contributed by atoms with van der Waals surface area (Å²) in [5.41, 5.74) is 5.58. The van der Waals surface area contributed by atoms with Crippen molar-refractivity contribution < 1.29 is 4.39 Å². The first-order chi connectivity index (χ1) is 4.77. The summed E-state index contributed by atoms with van der Waals surface area (Å²) in [5.74, 6) is 0. The molecule has 3 N–H and O–H groups in total. The number of halogens is 1. The molecule has 0 aromatic rings. The zero-order valence-corrected chi connectivity index (χ0v) is 5.89. The van der Waals surface area contributed by atoms with Crippen molar-refractivity contribution in [1.82, 2.24) is 5.32 Å². The van der Waals surface area contributed by atoms with Crippen molar-refractivity contribution in [1.29, 1.82) is 0 Å². The topological polar surface area (TPSA) is 38.0 Å². The van der Waals surface area contributed by atoms with E-state index in [4.69, 9.17) is 5.73 Å². The van der Waals surface area contributed by atoms with Crippen LogP contribution in [0, 0.1) is 0 Å². The van der Waals surface area contributed by atoms with Crippen molar-refractivity contribution in [2.45, 2.75) is 43.6 Å². The van der Waals surface area contributed by atoms with Gasteiger partial charge in [-0.1, -0.05) is 0 Å². The molecule has 0 radical (unpaired) electrons. The van der Waals surface area contributed by atoms with Crippen LogP contribution in [0.4, 0.5) is 4.39 Å². The smallest absolute Gasteiger partial charge is 0.130 e. The molecule has 2 aliphatic rings. The molecule has 2 heterocycles. The fourth-order valence-corrected chi connectivity index (χ4v) is 2.04. The van der Waals surface area contributed by atoms with Crippen LogP contribution in [0.3, 0.4) is 0 Å². The third kappa shape index (κ3) is 0.847. The maximum absolute atomic E-state index is 13.1. The zero-order valence-electron chi connectivity index (χ0n) is 5.89. The molecule has 2 bridgehead atoms. The van der Waals surface area contributed by atoms with Crippen LogP contribution in [0.15, 0.2) is 0 Å². The van der Waals surface area contributed by atoms with Crippen LogP contribution in [0.2, 0.25) is 0 Å². The molecule has 2 fully saturated rings. The van der Waals surface area contributed by atoms with E-state index in [1.54, 1.807) is 0 Å². The van der Waals surface area contributed by atoms with Gasteiger partial charge >= 0.3 is 0 Å². The Balaban J connectivity index is 2.09. The zero-order chi connectivity index (χ0) is 7.14. The number of fused-ring (bicyclic) bond motifs is 2. The molecule has 0 spiro atoms. The largest absolute Gasteiger partial charge is 0.325 e. The highest BCUT2D eigenvalue weighted by Crippen LogP contribution is 2.27. The number of piperidine rings is 1. The number of hydrogen-bond acceptors (Lipinski definition) is 2. The van der Waals surface area contributed by atoms with Crippen LogP contribution in [0.1, 0.15) is 19.3 Å². The third-order valence-corrected chi connectivity index (χ3v) is 2.63. The lowest BCUT2D eigenvalue weighted by atomic mass is 9.99. The Morgan fingerprint density at radius 2 is 2.20 bits per heavy atom. The normalized spacial score (nSPS) is 53.4. The van der Waals surface area contributed by atoms with E-state index in [1.165, 1.54) is 0 Å². The molecular formula is C7H13FN2. The van der Waals surface area contributed by atoms with E-state index in [2.05, 4.69) is 5.32 Å². The number of hydrogen-bond donors (Lipinski definition) is 2. The summed E-state index contributed by atoms with van der Waals surface area (Å²) in [6.45, 7) is 0. The minimum atomic E-state index is -0.807. The van der Waals surface area contributed by atoms with Gasteiger partial charge in [0.2, 0.25) is 0 Å². The lowest BCUT2D eigenvalue weighted by molar-refractivity contribution is 0.180. The molecule has 3 heteroatoms. The van der Waals surface area contributed by atoms with Gasteiger partial charge in [0.1, 0.15) is 6.17 Å². The van der Waals surface area contributed by atoms with E-state index in [9.17, 15) is 4.39 Å². The number of rotatable bonds is 0. The molecule has 0 saturated carbocycles. The summed E-state index contributed by atoms with van der Waals surface area (Å²) in [5, 5.41) is 3.22. The molecule has 0 aliphatic carbocycles. The van der Waals surface area contributed by atoms with Crippen LogP contribution in [-0.2, 0) is 0 Å². The van der Waals surface area contributed by atoms with Crippen molar-refractivity contribution in [2.75, 3.05) is 0 Å². The van der Waals surface area contributed by atoms with Gasteiger partial charge in [0.15, 0.2) is 0 Å². The molecule has 4 atom stereocenters. The SMILES string of the molecule is NC1CC2CCC(N2)C1F. The fraction of sp³-hybridized carbons (Fsp3) is 1.00. The van der Waals surface area contributed by atoms with Crippen molar-refractivity contribution in [3.8, 4) is 0 Å². The summed E-state index contributed by atoms with van der Waals surface area (Å²) >= 11 is 0. The Morgan fingerprint density at radius 1 is 1.40 bits per heavy atom. The average molecular weight is 144 g/mol. The van der Waals surface area contributed by atoms with E-state index in [1.807, 2.05) is 0 Å². The number of nitrogens with two attached hydrogens (primary N) is 1. The van der Waals surface area contributed by atoms with Gasteiger partial charge < -0.3 is 11.1 Å². The highest BCUT2D eigenvalue weighted by molar-refractivity contribution is 4.99. The van der Waals surface area contributed by atoms with Crippen molar-refractivity contribution >= 4 is 0 Å². The lowest BCUT2D eigenvalue weighted by Gasteiger charge is -2.29. The predicted octanol–water partition coefficient (Wildman–Crippen LogP) is 0.176. The minimum absolute atomic E-state index is 0.0637. The van der Waals surface area contributed by atoms with Crippen LogP contribution >= 0.6 is 0 Å². The number of alkyl halides is 1. The van der Waals surface area contributed by atoms with Gasteiger partial charge in [-0.2, -0.15) is 0 Å². The summed E-state index contributed by atoms with van der Waals surface area (Å²) in [7, 11) is 0. The van der Waals surface area contributed by atoms with Crippen LogP contribution in [0.25, 0.3) is 0 Å². The molecule has 0 aromatic carbocycles. The van der Waals surface area contributed by atoms with Gasteiger partial charge in [0, 0.05) is 18.1 Å². The van der Waals surface area contributed by atoms with E-state index in [-0.39, 0.29) is 12.1 Å². The second-order valence-corrected chi connectivity index (χ2v) is 3.39. The molecule has 2 aliphatic heterocycles. The highest BCUT2D eigenvalue weighted by Gasteiger charge is 2.39.